The lowest BCUT2D eigenvalue weighted by Gasteiger charge is -2.08. The molecule has 0 fully saturated rings. The van der Waals surface area contributed by atoms with Gasteiger partial charge in [-0.25, -0.2) is 0 Å². The molecule has 12 heavy (non-hydrogen) atoms. The highest BCUT2D eigenvalue weighted by atomic mass is 16.3. The third-order valence-corrected chi connectivity index (χ3v) is 2.54. The topological polar surface area (TPSA) is 20.2 Å². The third-order valence-electron chi connectivity index (χ3n) is 2.54. The van der Waals surface area contributed by atoms with Gasteiger partial charge in [0.1, 0.15) is 0 Å². The Morgan fingerprint density at radius 3 is 2.83 bits per heavy atom. The fourth-order valence-electron chi connectivity index (χ4n) is 1.82. The van der Waals surface area contributed by atoms with Crippen molar-refractivity contribution in [2.75, 3.05) is 0 Å². The molecule has 2 rings (SSSR count). The van der Waals surface area contributed by atoms with Gasteiger partial charge in [-0.15, -0.1) is 6.58 Å². The van der Waals surface area contributed by atoms with E-state index in [0.717, 1.165) is 12.0 Å². The van der Waals surface area contributed by atoms with Crippen molar-refractivity contribution in [1.82, 2.24) is 0 Å². The lowest BCUT2D eigenvalue weighted by atomic mass is 10.0. The summed E-state index contributed by atoms with van der Waals surface area (Å²) in [5, 5.41) is 9.77. The molecule has 0 aromatic heterocycles. The summed E-state index contributed by atoms with van der Waals surface area (Å²) >= 11 is 0. The molecule has 0 bridgehead atoms. The average Bonchev–Trinajstić information content (AvgIpc) is 2.44. The van der Waals surface area contributed by atoms with Crippen LogP contribution in [0.1, 0.15) is 17.2 Å². The number of aliphatic hydroxyl groups is 1. The van der Waals surface area contributed by atoms with Gasteiger partial charge in [-0.05, 0) is 17.5 Å². The Morgan fingerprint density at radius 2 is 2.17 bits per heavy atom. The van der Waals surface area contributed by atoms with Gasteiger partial charge in [-0.1, -0.05) is 30.3 Å². The molecule has 0 heterocycles. The Morgan fingerprint density at radius 1 is 1.42 bits per heavy atom. The molecule has 0 aliphatic heterocycles. The van der Waals surface area contributed by atoms with E-state index in [0.29, 0.717) is 0 Å². The summed E-state index contributed by atoms with van der Waals surface area (Å²) in [5.74, 6) is 0.211. The molecule has 1 aromatic rings. The molecule has 0 unspecified atom stereocenters. The zero-order valence-corrected chi connectivity index (χ0v) is 6.90. The Bertz CT molecular complexity index is 304. The summed E-state index contributed by atoms with van der Waals surface area (Å²) in [6.07, 6.45) is 2.43. The summed E-state index contributed by atoms with van der Waals surface area (Å²) in [6, 6.07) is 8.04. The number of aliphatic hydroxyl groups excluding tert-OH is 1. The molecule has 0 spiro atoms. The minimum absolute atomic E-state index is 0.211. The average molecular weight is 160 g/mol. The Balaban J connectivity index is 2.41. The second-order valence-electron chi connectivity index (χ2n) is 3.25. The molecular formula is C11H12O. The monoisotopic (exact) mass is 160 g/mol. The van der Waals surface area contributed by atoms with Gasteiger partial charge in [0.05, 0.1) is 6.10 Å². The van der Waals surface area contributed by atoms with Crippen molar-refractivity contribution in [3.8, 4) is 0 Å². The number of hydrogen-bond acceptors (Lipinski definition) is 1. The van der Waals surface area contributed by atoms with E-state index < -0.39 is 0 Å². The lowest BCUT2D eigenvalue weighted by Crippen LogP contribution is -2.02. The quantitative estimate of drug-likeness (QED) is 0.623. The molecule has 0 saturated heterocycles. The second kappa shape index (κ2) is 2.76. The zero-order chi connectivity index (χ0) is 8.55. The second-order valence-corrected chi connectivity index (χ2v) is 3.25. The van der Waals surface area contributed by atoms with Gasteiger partial charge in [0.2, 0.25) is 0 Å². The first kappa shape index (κ1) is 7.56. The minimum Gasteiger partial charge on any atom is -0.388 e. The third kappa shape index (κ3) is 0.978. The van der Waals surface area contributed by atoms with Gasteiger partial charge in [-0.2, -0.15) is 0 Å². The van der Waals surface area contributed by atoms with Gasteiger partial charge in [-0.3, -0.25) is 0 Å². The van der Waals surface area contributed by atoms with E-state index in [-0.39, 0.29) is 12.0 Å². The Labute approximate surface area is 72.4 Å². The molecule has 0 radical (unpaired) electrons. The molecule has 1 aliphatic carbocycles. The van der Waals surface area contributed by atoms with Crippen LogP contribution in [0.3, 0.4) is 0 Å². The maximum absolute atomic E-state index is 9.77. The van der Waals surface area contributed by atoms with Crippen molar-refractivity contribution in [3.05, 3.63) is 48.0 Å². The minimum atomic E-state index is -0.335. The Kier molecular flexibility index (Phi) is 1.74. The van der Waals surface area contributed by atoms with Gasteiger partial charge >= 0.3 is 0 Å². The van der Waals surface area contributed by atoms with Crippen LogP contribution in [0.25, 0.3) is 0 Å². The highest BCUT2D eigenvalue weighted by Crippen LogP contribution is 2.35. The van der Waals surface area contributed by atoms with Crippen molar-refractivity contribution < 1.29 is 5.11 Å². The summed E-state index contributed by atoms with van der Waals surface area (Å²) in [5.41, 5.74) is 2.33. The van der Waals surface area contributed by atoms with Crippen molar-refractivity contribution in [1.29, 1.82) is 0 Å². The predicted octanol–water partition coefficient (Wildman–Crippen LogP) is 2.08. The first-order valence-corrected chi connectivity index (χ1v) is 4.21. The molecule has 1 N–H and O–H groups in total. The highest BCUT2D eigenvalue weighted by Gasteiger charge is 2.27. The maximum Gasteiger partial charge on any atom is 0.0858 e. The van der Waals surface area contributed by atoms with E-state index in [1.807, 2.05) is 24.3 Å². The molecule has 0 saturated carbocycles. The van der Waals surface area contributed by atoms with E-state index in [9.17, 15) is 5.11 Å². The normalized spacial score (nSPS) is 26.8. The van der Waals surface area contributed by atoms with Crippen LogP contribution in [0, 0.1) is 5.92 Å². The molecule has 1 nitrogen and oxygen atoms in total. The summed E-state index contributed by atoms with van der Waals surface area (Å²) in [6.45, 7) is 3.72. The van der Waals surface area contributed by atoms with E-state index in [2.05, 4.69) is 12.6 Å². The first-order chi connectivity index (χ1) is 5.83. The maximum atomic E-state index is 9.77. The van der Waals surface area contributed by atoms with Crippen LogP contribution in [0.5, 0.6) is 0 Å². The summed E-state index contributed by atoms with van der Waals surface area (Å²) in [7, 11) is 0. The van der Waals surface area contributed by atoms with E-state index in [1.54, 1.807) is 0 Å². The molecule has 1 aliphatic rings. The van der Waals surface area contributed by atoms with Crippen LogP contribution in [0.15, 0.2) is 36.9 Å². The van der Waals surface area contributed by atoms with Crippen LogP contribution in [-0.4, -0.2) is 5.11 Å². The molecule has 0 amide bonds. The van der Waals surface area contributed by atoms with E-state index in [4.69, 9.17) is 0 Å². The number of benzene rings is 1. The van der Waals surface area contributed by atoms with Crippen LogP contribution in [0.2, 0.25) is 0 Å². The first-order valence-electron chi connectivity index (χ1n) is 4.21. The molecule has 62 valence electrons. The summed E-state index contributed by atoms with van der Waals surface area (Å²) in [4.78, 5) is 0. The number of rotatable bonds is 1. The standard InChI is InChI=1S/C11H12O/c1-2-8-7-9-5-3-4-6-10(9)11(8)12/h2-6,8,11-12H,1,7H2/t8-,11-/m1/s1. The van der Waals surface area contributed by atoms with Crippen molar-refractivity contribution in [2.24, 2.45) is 5.92 Å². The lowest BCUT2D eigenvalue weighted by molar-refractivity contribution is 0.146. The van der Waals surface area contributed by atoms with Crippen LogP contribution in [-0.2, 0) is 6.42 Å². The molecular weight excluding hydrogens is 148 g/mol. The van der Waals surface area contributed by atoms with E-state index >= 15 is 0 Å². The largest absolute Gasteiger partial charge is 0.388 e. The fraction of sp³-hybridized carbons (Fsp3) is 0.273. The molecule has 1 heteroatoms. The highest BCUT2D eigenvalue weighted by molar-refractivity contribution is 5.35. The van der Waals surface area contributed by atoms with Crippen LogP contribution < -0.4 is 0 Å². The van der Waals surface area contributed by atoms with E-state index in [1.165, 1.54) is 5.56 Å². The van der Waals surface area contributed by atoms with Crippen LogP contribution in [0.4, 0.5) is 0 Å². The predicted molar refractivity (Wildman–Crippen MR) is 48.8 cm³/mol. The van der Waals surface area contributed by atoms with Crippen LogP contribution >= 0.6 is 0 Å². The Hall–Kier alpha value is -1.08. The number of fused-ring (bicyclic) bond motifs is 1. The van der Waals surface area contributed by atoms with Gasteiger partial charge < -0.3 is 5.11 Å². The number of hydrogen-bond donors (Lipinski definition) is 1. The summed E-state index contributed by atoms with van der Waals surface area (Å²) < 4.78 is 0. The molecule has 1 aromatic carbocycles. The fourth-order valence-corrected chi connectivity index (χ4v) is 1.82. The van der Waals surface area contributed by atoms with Crippen molar-refractivity contribution >= 4 is 0 Å². The van der Waals surface area contributed by atoms with Gasteiger partial charge in [0.15, 0.2) is 0 Å². The SMILES string of the molecule is C=C[C@@H]1Cc2ccccc2[C@@H]1O. The van der Waals surface area contributed by atoms with Gasteiger partial charge in [0, 0.05) is 5.92 Å². The zero-order valence-electron chi connectivity index (χ0n) is 6.90. The van der Waals surface area contributed by atoms with Crippen molar-refractivity contribution in [3.63, 3.8) is 0 Å². The molecule has 2 atom stereocenters. The smallest absolute Gasteiger partial charge is 0.0858 e. The van der Waals surface area contributed by atoms with Crippen molar-refractivity contribution in [2.45, 2.75) is 12.5 Å². The van der Waals surface area contributed by atoms with Gasteiger partial charge in [0.25, 0.3) is 0 Å².